The third-order valence-electron chi connectivity index (χ3n) is 2.61. The Hall–Kier alpha value is -2.41. The van der Waals surface area contributed by atoms with E-state index in [2.05, 4.69) is 10.1 Å². The van der Waals surface area contributed by atoms with Gasteiger partial charge in [-0.3, -0.25) is 0 Å². The summed E-state index contributed by atoms with van der Waals surface area (Å²) < 4.78 is 6.57. The van der Waals surface area contributed by atoms with Crippen LogP contribution in [0.15, 0.2) is 30.5 Å². The Morgan fingerprint density at radius 2 is 2.11 bits per heavy atom. The Labute approximate surface area is 111 Å². The molecule has 0 saturated carbocycles. The van der Waals surface area contributed by atoms with Crippen molar-refractivity contribution in [2.45, 2.75) is 0 Å². The minimum absolute atomic E-state index is 0.0313. The molecule has 7 heteroatoms. The first-order valence-electron chi connectivity index (χ1n) is 5.41. The van der Waals surface area contributed by atoms with Crippen molar-refractivity contribution < 1.29 is 14.6 Å². The second-order valence-corrected chi connectivity index (χ2v) is 4.75. The highest BCUT2D eigenvalue weighted by atomic mass is 32.1. The normalized spacial score (nSPS) is 10.8. The Bertz CT molecular complexity index is 714. The number of nitrogens with zero attached hydrogens (tertiary/aromatic N) is 3. The molecule has 2 aromatic heterocycles. The van der Waals surface area contributed by atoms with Crippen LogP contribution < -0.4 is 4.74 Å². The topological polar surface area (TPSA) is 76.7 Å². The first-order valence-corrected chi connectivity index (χ1v) is 6.23. The van der Waals surface area contributed by atoms with E-state index < -0.39 is 5.97 Å². The zero-order valence-corrected chi connectivity index (χ0v) is 10.7. The Kier molecular flexibility index (Phi) is 2.68. The smallest absolute Gasteiger partial charge is 0.367 e. The van der Waals surface area contributed by atoms with Crippen molar-refractivity contribution in [1.82, 2.24) is 14.6 Å². The monoisotopic (exact) mass is 275 g/mol. The van der Waals surface area contributed by atoms with E-state index in [-0.39, 0.29) is 5.01 Å². The van der Waals surface area contributed by atoms with E-state index in [0.717, 1.165) is 28.3 Å². The fraction of sp³-hybridized carbons (Fsp3) is 0.0833. The van der Waals surface area contributed by atoms with Gasteiger partial charge >= 0.3 is 5.97 Å². The maximum Gasteiger partial charge on any atom is 0.367 e. The molecule has 1 aromatic carbocycles. The van der Waals surface area contributed by atoms with Crippen molar-refractivity contribution >= 4 is 22.3 Å². The molecule has 0 aliphatic rings. The number of carbonyl (C=O) groups is 1. The van der Waals surface area contributed by atoms with Crippen LogP contribution in [0.25, 0.3) is 16.2 Å². The van der Waals surface area contributed by atoms with Crippen LogP contribution in [-0.4, -0.2) is 32.8 Å². The summed E-state index contributed by atoms with van der Waals surface area (Å²) in [5.74, 6) is -0.266. The van der Waals surface area contributed by atoms with Crippen molar-refractivity contribution in [3.05, 3.63) is 35.5 Å². The highest BCUT2D eigenvalue weighted by Crippen LogP contribution is 2.24. The number of methoxy groups -OCH3 is 1. The van der Waals surface area contributed by atoms with Crippen LogP contribution in [-0.2, 0) is 0 Å². The summed E-state index contributed by atoms with van der Waals surface area (Å²) in [5, 5.41) is 12.8. The molecule has 1 N–H and O–H groups in total. The van der Waals surface area contributed by atoms with Gasteiger partial charge in [-0.1, -0.05) is 11.3 Å². The van der Waals surface area contributed by atoms with Gasteiger partial charge in [0, 0.05) is 5.56 Å². The average Bonchev–Trinajstić information content (AvgIpc) is 2.97. The van der Waals surface area contributed by atoms with Crippen LogP contribution in [0.2, 0.25) is 0 Å². The van der Waals surface area contributed by atoms with Crippen LogP contribution in [0.5, 0.6) is 5.75 Å². The lowest BCUT2D eigenvalue weighted by Gasteiger charge is -1.99. The number of aromatic nitrogens is 3. The molecule has 0 saturated heterocycles. The van der Waals surface area contributed by atoms with Gasteiger partial charge in [-0.05, 0) is 24.3 Å². The van der Waals surface area contributed by atoms with E-state index in [4.69, 9.17) is 9.84 Å². The molecular weight excluding hydrogens is 266 g/mol. The molecular formula is C12H9N3O3S. The van der Waals surface area contributed by atoms with Crippen molar-refractivity contribution in [2.24, 2.45) is 0 Å². The summed E-state index contributed by atoms with van der Waals surface area (Å²) in [7, 11) is 1.61. The summed E-state index contributed by atoms with van der Waals surface area (Å²) >= 11 is 1.05. The standard InChI is InChI=1S/C12H9N3O3S/c1-18-8-4-2-7(3-5-8)9-6-15-12(13-9)19-10(14-15)11(16)17/h2-6H,1H3,(H,16,17). The molecule has 0 aliphatic carbocycles. The molecule has 19 heavy (non-hydrogen) atoms. The Morgan fingerprint density at radius 3 is 2.68 bits per heavy atom. The molecule has 3 rings (SSSR count). The molecule has 0 unspecified atom stereocenters. The minimum atomic E-state index is -1.04. The number of rotatable bonds is 3. The van der Waals surface area contributed by atoms with Gasteiger partial charge < -0.3 is 9.84 Å². The molecule has 96 valence electrons. The largest absolute Gasteiger partial charge is 0.497 e. The van der Waals surface area contributed by atoms with E-state index in [9.17, 15) is 4.79 Å². The third-order valence-corrected chi connectivity index (χ3v) is 3.52. The number of hydrogen-bond acceptors (Lipinski definition) is 5. The number of ether oxygens (including phenoxy) is 1. The maximum atomic E-state index is 10.8. The fourth-order valence-corrected chi connectivity index (χ4v) is 2.41. The summed E-state index contributed by atoms with van der Waals surface area (Å²) in [6, 6.07) is 7.48. The predicted octanol–water partition coefficient (Wildman–Crippen LogP) is 2.16. The SMILES string of the molecule is COc1ccc(-c2cn3nc(C(=O)O)sc3n2)cc1. The van der Waals surface area contributed by atoms with E-state index in [1.807, 2.05) is 24.3 Å². The first-order chi connectivity index (χ1) is 9.17. The fourth-order valence-electron chi connectivity index (χ4n) is 1.69. The number of imidazole rings is 1. The quantitative estimate of drug-likeness (QED) is 0.792. The number of fused-ring (bicyclic) bond motifs is 1. The van der Waals surface area contributed by atoms with Gasteiger partial charge in [-0.15, -0.1) is 5.10 Å². The molecule has 6 nitrogen and oxygen atoms in total. The van der Waals surface area contributed by atoms with Crippen molar-refractivity contribution in [2.75, 3.05) is 7.11 Å². The zero-order valence-electron chi connectivity index (χ0n) is 9.90. The first kappa shape index (κ1) is 11.7. The summed E-state index contributed by atoms with van der Waals surface area (Å²) in [5.41, 5.74) is 1.67. The molecule has 0 fully saturated rings. The van der Waals surface area contributed by atoms with Crippen LogP contribution in [0.3, 0.4) is 0 Å². The van der Waals surface area contributed by atoms with Gasteiger partial charge in [0.05, 0.1) is 19.0 Å². The average molecular weight is 275 g/mol. The molecule has 0 spiro atoms. The molecule has 0 aliphatic heterocycles. The van der Waals surface area contributed by atoms with Gasteiger partial charge in [-0.2, -0.15) is 0 Å². The second kappa shape index (κ2) is 4.36. The number of hydrogen-bond donors (Lipinski definition) is 1. The van der Waals surface area contributed by atoms with Crippen molar-refractivity contribution in [1.29, 1.82) is 0 Å². The number of carboxylic acids is 1. The minimum Gasteiger partial charge on any atom is -0.497 e. The van der Waals surface area contributed by atoms with Crippen molar-refractivity contribution in [3.63, 3.8) is 0 Å². The lowest BCUT2D eigenvalue weighted by molar-refractivity contribution is 0.0695. The summed E-state index contributed by atoms with van der Waals surface area (Å²) in [6.07, 6.45) is 1.71. The Balaban J connectivity index is 2.00. The van der Waals surface area contributed by atoms with Crippen LogP contribution in [0, 0.1) is 0 Å². The van der Waals surface area contributed by atoms with Gasteiger partial charge in [0.1, 0.15) is 5.75 Å². The van der Waals surface area contributed by atoms with E-state index in [0.29, 0.717) is 4.96 Å². The van der Waals surface area contributed by atoms with Crippen LogP contribution in [0.4, 0.5) is 0 Å². The maximum absolute atomic E-state index is 10.8. The van der Waals surface area contributed by atoms with Gasteiger partial charge in [-0.25, -0.2) is 14.3 Å². The molecule has 0 bridgehead atoms. The Morgan fingerprint density at radius 1 is 1.37 bits per heavy atom. The number of aromatic carboxylic acids is 1. The molecule has 0 atom stereocenters. The highest BCUT2D eigenvalue weighted by Gasteiger charge is 2.13. The molecule has 3 aromatic rings. The molecule has 0 radical (unpaired) electrons. The van der Waals surface area contributed by atoms with Gasteiger partial charge in [0.15, 0.2) is 0 Å². The predicted molar refractivity (Wildman–Crippen MR) is 69.8 cm³/mol. The lowest BCUT2D eigenvalue weighted by atomic mass is 10.2. The lowest BCUT2D eigenvalue weighted by Crippen LogP contribution is -1.95. The van der Waals surface area contributed by atoms with E-state index in [1.54, 1.807) is 13.3 Å². The number of carboxylic acid groups (broad SMARTS) is 1. The van der Waals surface area contributed by atoms with E-state index in [1.165, 1.54) is 4.52 Å². The second-order valence-electron chi connectivity index (χ2n) is 3.79. The van der Waals surface area contributed by atoms with Crippen LogP contribution >= 0.6 is 11.3 Å². The highest BCUT2D eigenvalue weighted by molar-refractivity contribution is 7.18. The molecule has 0 amide bonds. The summed E-state index contributed by atoms with van der Waals surface area (Å²) in [4.78, 5) is 15.7. The van der Waals surface area contributed by atoms with Gasteiger partial charge in [0.25, 0.3) is 0 Å². The van der Waals surface area contributed by atoms with E-state index >= 15 is 0 Å². The number of benzene rings is 1. The van der Waals surface area contributed by atoms with Crippen molar-refractivity contribution in [3.8, 4) is 17.0 Å². The molecule has 2 heterocycles. The zero-order chi connectivity index (χ0) is 13.4. The van der Waals surface area contributed by atoms with Crippen LogP contribution in [0.1, 0.15) is 9.80 Å². The van der Waals surface area contributed by atoms with Gasteiger partial charge in [0.2, 0.25) is 9.97 Å². The summed E-state index contributed by atoms with van der Waals surface area (Å²) in [6.45, 7) is 0. The third kappa shape index (κ3) is 2.04.